The molecule has 3 nitrogen and oxygen atoms in total. The van der Waals surface area contributed by atoms with Crippen LogP contribution in [-0.4, -0.2) is 14.7 Å². The molecule has 3 rings (SSSR count). The topological polar surface area (TPSA) is 38.1 Å². The van der Waals surface area contributed by atoms with Crippen LogP contribution in [0.3, 0.4) is 0 Å². The first kappa shape index (κ1) is 12.3. The Balaban J connectivity index is 2.17. The molecule has 0 atom stereocenters. The quantitative estimate of drug-likeness (QED) is 0.905. The molecule has 2 aromatic rings. The van der Waals surface area contributed by atoms with Crippen molar-refractivity contribution in [2.45, 2.75) is 32.4 Å². The Labute approximate surface area is 109 Å². The summed E-state index contributed by atoms with van der Waals surface area (Å²) in [6, 6.07) is 3.48. The van der Waals surface area contributed by atoms with E-state index >= 15 is 0 Å². The fourth-order valence-corrected chi connectivity index (χ4v) is 2.62. The van der Waals surface area contributed by atoms with Crippen LogP contribution in [-0.2, 0) is 19.6 Å². The molecular weight excluding hydrogens is 250 g/mol. The molecule has 2 heterocycles. The van der Waals surface area contributed by atoms with Gasteiger partial charge < -0.3 is 9.67 Å². The van der Waals surface area contributed by atoms with Gasteiger partial charge in [0.25, 0.3) is 0 Å². The van der Waals surface area contributed by atoms with Gasteiger partial charge in [0.2, 0.25) is 0 Å². The molecule has 0 aliphatic carbocycles. The number of benzene rings is 1. The fourth-order valence-electron chi connectivity index (χ4n) is 2.62. The number of halogens is 2. The van der Waals surface area contributed by atoms with Gasteiger partial charge in [0.05, 0.1) is 17.9 Å². The largest absolute Gasteiger partial charge is 0.390 e. The minimum Gasteiger partial charge on any atom is -0.390 e. The molecule has 0 spiro atoms. The van der Waals surface area contributed by atoms with Gasteiger partial charge >= 0.3 is 0 Å². The normalized spacial score (nSPS) is 14.5. The minimum atomic E-state index is -0.622. The standard InChI is InChI=1S/C14H14F2N2O/c15-9-4-5-10(11(16)7-9)14-17-12(8-19)13-3-1-2-6-18(13)14/h4-5,7,19H,1-3,6,8H2. The summed E-state index contributed by atoms with van der Waals surface area (Å²) in [6.45, 7) is 0.604. The molecule has 0 amide bonds. The van der Waals surface area contributed by atoms with Crippen LogP contribution in [0.2, 0.25) is 0 Å². The van der Waals surface area contributed by atoms with Crippen molar-refractivity contribution >= 4 is 0 Å². The van der Waals surface area contributed by atoms with Crippen LogP contribution in [0.4, 0.5) is 8.78 Å². The molecule has 0 radical (unpaired) electrons. The lowest BCUT2D eigenvalue weighted by atomic mass is 10.1. The lowest BCUT2D eigenvalue weighted by Gasteiger charge is -2.17. The van der Waals surface area contributed by atoms with E-state index in [1.807, 2.05) is 4.57 Å². The Kier molecular flexibility index (Phi) is 3.06. The third kappa shape index (κ3) is 2.04. The molecule has 0 bridgehead atoms. The number of imidazole rings is 1. The SMILES string of the molecule is OCc1nc(-c2ccc(F)cc2F)n2c1CCCC2. The molecular formula is C14H14F2N2O. The molecule has 1 aliphatic rings. The van der Waals surface area contributed by atoms with Crippen molar-refractivity contribution in [3.05, 3.63) is 41.2 Å². The van der Waals surface area contributed by atoms with Crippen molar-refractivity contribution in [2.24, 2.45) is 0 Å². The van der Waals surface area contributed by atoms with E-state index in [4.69, 9.17) is 0 Å². The van der Waals surface area contributed by atoms with E-state index in [-0.39, 0.29) is 12.2 Å². The highest BCUT2D eigenvalue weighted by Gasteiger charge is 2.22. The Morgan fingerprint density at radius 1 is 1.26 bits per heavy atom. The maximum absolute atomic E-state index is 13.9. The minimum absolute atomic E-state index is 0.155. The van der Waals surface area contributed by atoms with Crippen LogP contribution in [0.15, 0.2) is 18.2 Å². The predicted molar refractivity (Wildman–Crippen MR) is 66.4 cm³/mol. The number of aromatic nitrogens is 2. The Hall–Kier alpha value is -1.75. The number of aliphatic hydroxyl groups excluding tert-OH is 1. The second-order valence-corrected chi connectivity index (χ2v) is 4.72. The Morgan fingerprint density at radius 2 is 2.11 bits per heavy atom. The van der Waals surface area contributed by atoms with E-state index in [0.717, 1.165) is 37.6 Å². The van der Waals surface area contributed by atoms with Gasteiger partial charge in [-0.25, -0.2) is 13.8 Å². The summed E-state index contributed by atoms with van der Waals surface area (Å²) in [5.74, 6) is -0.742. The molecule has 1 N–H and O–H groups in total. The van der Waals surface area contributed by atoms with Crippen molar-refractivity contribution in [1.82, 2.24) is 9.55 Å². The maximum Gasteiger partial charge on any atom is 0.143 e. The van der Waals surface area contributed by atoms with Crippen molar-refractivity contribution in [3.8, 4) is 11.4 Å². The third-order valence-corrected chi connectivity index (χ3v) is 3.52. The van der Waals surface area contributed by atoms with Gasteiger partial charge in [0, 0.05) is 18.3 Å². The summed E-state index contributed by atoms with van der Waals surface area (Å²) >= 11 is 0. The number of nitrogens with zero attached hydrogens (tertiary/aromatic N) is 2. The van der Waals surface area contributed by atoms with Gasteiger partial charge in [-0.2, -0.15) is 0 Å². The van der Waals surface area contributed by atoms with E-state index in [0.29, 0.717) is 11.5 Å². The Bertz CT molecular complexity index is 622. The molecule has 1 aromatic heterocycles. The van der Waals surface area contributed by atoms with Gasteiger partial charge in [-0.15, -0.1) is 0 Å². The predicted octanol–water partition coefficient (Wildman–Crippen LogP) is 2.66. The van der Waals surface area contributed by atoms with Gasteiger partial charge in [-0.05, 0) is 31.4 Å². The van der Waals surface area contributed by atoms with E-state index in [9.17, 15) is 13.9 Å². The molecule has 0 fully saturated rings. The van der Waals surface area contributed by atoms with Crippen molar-refractivity contribution in [1.29, 1.82) is 0 Å². The first-order valence-electron chi connectivity index (χ1n) is 6.35. The smallest absolute Gasteiger partial charge is 0.143 e. The fraction of sp³-hybridized carbons (Fsp3) is 0.357. The van der Waals surface area contributed by atoms with E-state index < -0.39 is 11.6 Å². The lowest BCUT2D eigenvalue weighted by molar-refractivity contribution is 0.275. The summed E-state index contributed by atoms with van der Waals surface area (Å²) in [5, 5.41) is 9.34. The molecule has 1 aliphatic heterocycles. The number of hydrogen-bond donors (Lipinski definition) is 1. The van der Waals surface area contributed by atoms with Gasteiger partial charge in [-0.1, -0.05) is 0 Å². The lowest BCUT2D eigenvalue weighted by Crippen LogP contribution is -2.12. The second-order valence-electron chi connectivity index (χ2n) is 4.72. The van der Waals surface area contributed by atoms with Crippen molar-refractivity contribution in [3.63, 3.8) is 0 Å². The number of rotatable bonds is 2. The molecule has 0 unspecified atom stereocenters. The third-order valence-electron chi connectivity index (χ3n) is 3.52. The summed E-state index contributed by atoms with van der Waals surface area (Å²) in [7, 11) is 0. The van der Waals surface area contributed by atoms with Crippen LogP contribution in [0.1, 0.15) is 24.2 Å². The van der Waals surface area contributed by atoms with Crippen LogP contribution >= 0.6 is 0 Å². The zero-order valence-electron chi connectivity index (χ0n) is 10.4. The highest BCUT2D eigenvalue weighted by molar-refractivity contribution is 5.58. The Morgan fingerprint density at radius 3 is 2.84 bits per heavy atom. The van der Waals surface area contributed by atoms with Gasteiger partial charge in [0.15, 0.2) is 0 Å². The number of aliphatic hydroxyl groups is 1. The van der Waals surface area contributed by atoms with E-state index in [2.05, 4.69) is 4.98 Å². The summed E-state index contributed by atoms with van der Waals surface area (Å²) < 4.78 is 28.8. The highest BCUT2D eigenvalue weighted by atomic mass is 19.1. The monoisotopic (exact) mass is 264 g/mol. The maximum atomic E-state index is 13.9. The zero-order chi connectivity index (χ0) is 13.4. The summed E-state index contributed by atoms with van der Waals surface area (Å²) in [5.41, 5.74) is 1.84. The molecule has 0 saturated carbocycles. The zero-order valence-corrected chi connectivity index (χ0v) is 10.4. The first-order valence-corrected chi connectivity index (χ1v) is 6.35. The molecule has 5 heteroatoms. The number of fused-ring (bicyclic) bond motifs is 1. The van der Waals surface area contributed by atoms with Crippen LogP contribution in [0.5, 0.6) is 0 Å². The van der Waals surface area contributed by atoms with E-state index in [1.54, 1.807) is 0 Å². The summed E-state index contributed by atoms with van der Waals surface area (Å²) in [4.78, 5) is 4.32. The molecule has 1 aromatic carbocycles. The van der Waals surface area contributed by atoms with Gasteiger partial charge in [0.1, 0.15) is 17.5 Å². The van der Waals surface area contributed by atoms with Gasteiger partial charge in [-0.3, -0.25) is 0 Å². The summed E-state index contributed by atoms with van der Waals surface area (Å²) in [6.07, 6.45) is 2.89. The average molecular weight is 264 g/mol. The first-order chi connectivity index (χ1) is 9.20. The second kappa shape index (κ2) is 4.74. The van der Waals surface area contributed by atoms with E-state index in [1.165, 1.54) is 12.1 Å². The van der Waals surface area contributed by atoms with Crippen LogP contribution in [0, 0.1) is 11.6 Å². The van der Waals surface area contributed by atoms with Crippen molar-refractivity contribution < 1.29 is 13.9 Å². The molecule has 100 valence electrons. The van der Waals surface area contributed by atoms with Crippen molar-refractivity contribution in [2.75, 3.05) is 0 Å². The number of hydrogen-bond acceptors (Lipinski definition) is 2. The molecule has 19 heavy (non-hydrogen) atoms. The average Bonchev–Trinajstić information content (AvgIpc) is 2.78. The molecule has 0 saturated heterocycles. The van der Waals surface area contributed by atoms with Crippen LogP contribution in [0.25, 0.3) is 11.4 Å². The highest BCUT2D eigenvalue weighted by Crippen LogP contribution is 2.29. The van der Waals surface area contributed by atoms with Crippen LogP contribution < -0.4 is 0 Å².